The minimum atomic E-state index is -0.333. The summed E-state index contributed by atoms with van der Waals surface area (Å²) in [6.07, 6.45) is 4.67. The molecule has 31 heavy (non-hydrogen) atoms. The Kier molecular flexibility index (Phi) is 5.86. The minimum absolute atomic E-state index is 0.00412. The molecule has 0 aliphatic heterocycles. The van der Waals surface area contributed by atoms with Gasteiger partial charge in [-0.25, -0.2) is 4.79 Å². The number of nitrogens with zero attached hydrogens (tertiary/aromatic N) is 2. The zero-order valence-corrected chi connectivity index (χ0v) is 19.5. The first kappa shape index (κ1) is 21.9. The highest BCUT2D eigenvalue weighted by Crippen LogP contribution is 2.46. The van der Waals surface area contributed by atoms with Gasteiger partial charge in [-0.1, -0.05) is 0 Å². The summed E-state index contributed by atoms with van der Waals surface area (Å²) in [5, 5.41) is 0.767. The highest BCUT2D eigenvalue weighted by Gasteiger charge is 2.44. The maximum atomic E-state index is 12.9. The number of hydrogen-bond acceptors (Lipinski definition) is 5. The lowest BCUT2D eigenvalue weighted by Crippen LogP contribution is -2.39. The molecule has 0 bridgehead atoms. The summed E-state index contributed by atoms with van der Waals surface area (Å²) >= 11 is 0. The van der Waals surface area contributed by atoms with Crippen LogP contribution in [-0.2, 0) is 4.79 Å². The quantitative estimate of drug-likeness (QED) is 0.683. The van der Waals surface area contributed by atoms with E-state index in [4.69, 9.17) is 9.15 Å². The zero-order chi connectivity index (χ0) is 22.4. The number of aryl methyl sites for hydroxylation is 2. The monoisotopic (exact) mass is 426 g/mol. The summed E-state index contributed by atoms with van der Waals surface area (Å²) in [5.41, 5.74) is 2.50. The second-order valence-electron chi connectivity index (χ2n) is 9.80. The van der Waals surface area contributed by atoms with Gasteiger partial charge >= 0.3 is 5.63 Å². The van der Waals surface area contributed by atoms with Gasteiger partial charge in [-0.2, -0.15) is 0 Å². The normalized spacial score (nSPS) is 25.3. The number of carbonyl (C=O) groups excluding carboxylic acids is 1. The van der Waals surface area contributed by atoms with E-state index in [2.05, 4.69) is 19.0 Å². The van der Waals surface area contributed by atoms with Crippen molar-refractivity contribution in [1.82, 2.24) is 9.80 Å². The van der Waals surface area contributed by atoms with Crippen molar-refractivity contribution in [2.24, 2.45) is 11.8 Å². The minimum Gasteiger partial charge on any atom is -0.483 e. The van der Waals surface area contributed by atoms with Crippen molar-refractivity contribution >= 4 is 16.9 Å². The molecule has 168 valence electrons. The van der Waals surface area contributed by atoms with Crippen molar-refractivity contribution in [3.05, 3.63) is 39.2 Å². The van der Waals surface area contributed by atoms with Crippen LogP contribution in [0.2, 0.25) is 0 Å². The van der Waals surface area contributed by atoms with Crippen LogP contribution >= 0.6 is 0 Å². The van der Waals surface area contributed by atoms with Gasteiger partial charge in [-0.3, -0.25) is 4.79 Å². The van der Waals surface area contributed by atoms with E-state index in [-0.39, 0.29) is 18.1 Å². The SMILES string of the molecule is Cc1cc(OCC(=O)N(C)C2C[C@H]3CC(N(C)C)C[C@H]3C2)c2c(C)c(C)c(=O)oc2c1. The number of benzene rings is 1. The molecular weight excluding hydrogens is 392 g/mol. The number of ether oxygens (including phenoxy) is 1. The number of hydrogen-bond donors (Lipinski definition) is 0. The lowest BCUT2D eigenvalue weighted by atomic mass is 10.0. The third kappa shape index (κ3) is 4.10. The fourth-order valence-electron chi connectivity index (χ4n) is 5.54. The fourth-order valence-corrected chi connectivity index (χ4v) is 5.54. The molecule has 0 radical (unpaired) electrons. The molecule has 0 saturated heterocycles. The predicted octanol–water partition coefficient (Wildman–Crippen LogP) is 3.67. The van der Waals surface area contributed by atoms with Crippen LogP contribution < -0.4 is 10.4 Å². The molecule has 1 amide bonds. The van der Waals surface area contributed by atoms with Gasteiger partial charge in [-0.15, -0.1) is 0 Å². The average molecular weight is 427 g/mol. The van der Waals surface area contributed by atoms with E-state index in [9.17, 15) is 9.59 Å². The molecule has 4 rings (SSSR count). The molecule has 1 aromatic carbocycles. The molecule has 0 N–H and O–H groups in total. The first-order valence-electron chi connectivity index (χ1n) is 11.2. The van der Waals surface area contributed by atoms with Crippen LogP contribution in [0.5, 0.6) is 5.75 Å². The average Bonchev–Trinajstić information content (AvgIpc) is 3.28. The van der Waals surface area contributed by atoms with E-state index in [1.54, 1.807) is 6.92 Å². The van der Waals surface area contributed by atoms with Gasteiger partial charge in [0.15, 0.2) is 6.61 Å². The number of carbonyl (C=O) groups is 1. The molecular formula is C25H34N2O4. The van der Waals surface area contributed by atoms with E-state index in [0.29, 0.717) is 29.0 Å². The Morgan fingerprint density at radius 2 is 1.61 bits per heavy atom. The number of amides is 1. The molecule has 2 saturated carbocycles. The van der Waals surface area contributed by atoms with Crippen LogP contribution in [0, 0.1) is 32.6 Å². The standard InChI is InChI=1S/C25H34N2O4/c1-14-7-21(24-15(2)16(3)25(29)31-22(24)8-14)30-13-23(28)27(6)20-11-17-9-19(26(4)5)10-18(17)12-20/h7-8,17-20H,9-13H2,1-6H3/t17-,18+,19?,20?. The van der Waals surface area contributed by atoms with Crippen LogP contribution in [0.3, 0.4) is 0 Å². The Bertz CT molecular complexity index is 1040. The van der Waals surface area contributed by atoms with Crippen molar-refractivity contribution in [1.29, 1.82) is 0 Å². The summed E-state index contributed by atoms with van der Waals surface area (Å²) in [6.45, 7) is 5.55. The smallest absolute Gasteiger partial charge is 0.339 e. The van der Waals surface area contributed by atoms with Crippen LogP contribution in [0.4, 0.5) is 0 Å². The summed E-state index contributed by atoms with van der Waals surface area (Å²) < 4.78 is 11.5. The molecule has 2 aliphatic carbocycles. The second-order valence-corrected chi connectivity index (χ2v) is 9.80. The largest absolute Gasteiger partial charge is 0.483 e. The van der Waals surface area contributed by atoms with E-state index in [1.807, 2.05) is 37.9 Å². The second kappa shape index (κ2) is 8.30. The molecule has 2 aromatic rings. The Hall–Kier alpha value is -2.34. The third-order valence-corrected chi connectivity index (χ3v) is 7.65. The summed E-state index contributed by atoms with van der Waals surface area (Å²) in [5.74, 6) is 2.04. The van der Waals surface area contributed by atoms with Crippen LogP contribution in [0.25, 0.3) is 11.0 Å². The van der Waals surface area contributed by atoms with Crippen molar-refractivity contribution in [3.8, 4) is 5.75 Å². The van der Waals surface area contributed by atoms with E-state index in [0.717, 1.165) is 41.2 Å². The summed E-state index contributed by atoms with van der Waals surface area (Å²) in [6, 6.07) is 4.72. The van der Waals surface area contributed by atoms with Gasteiger partial charge in [0.2, 0.25) is 0 Å². The van der Waals surface area contributed by atoms with Crippen molar-refractivity contribution in [2.75, 3.05) is 27.7 Å². The van der Waals surface area contributed by atoms with Gasteiger partial charge in [0.1, 0.15) is 11.3 Å². The highest BCUT2D eigenvalue weighted by atomic mass is 16.5. The molecule has 6 nitrogen and oxygen atoms in total. The lowest BCUT2D eigenvalue weighted by molar-refractivity contribution is -0.134. The lowest BCUT2D eigenvalue weighted by Gasteiger charge is -2.27. The topological polar surface area (TPSA) is 63.0 Å². The van der Waals surface area contributed by atoms with Gasteiger partial charge in [0.25, 0.3) is 5.91 Å². The number of likely N-dealkylation sites (N-methyl/N-ethyl adjacent to an activating group) is 1. The molecule has 2 aliphatic rings. The van der Waals surface area contributed by atoms with Crippen molar-refractivity contribution < 1.29 is 13.9 Å². The Morgan fingerprint density at radius 3 is 2.23 bits per heavy atom. The molecule has 0 spiro atoms. The van der Waals surface area contributed by atoms with Gasteiger partial charge in [-0.05, 0) is 95.6 Å². The van der Waals surface area contributed by atoms with E-state index < -0.39 is 0 Å². The Morgan fingerprint density at radius 1 is 1.00 bits per heavy atom. The van der Waals surface area contributed by atoms with E-state index >= 15 is 0 Å². The summed E-state index contributed by atoms with van der Waals surface area (Å²) in [7, 11) is 6.24. The molecule has 6 heteroatoms. The van der Waals surface area contributed by atoms with Crippen molar-refractivity contribution in [3.63, 3.8) is 0 Å². The molecule has 2 fully saturated rings. The molecule has 1 aromatic heterocycles. The fraction of sp³-hybridized carbons (Fsp3) is 0.600. The van der Waals surface area contributed by atoms with Gasteiger partial charge < -0.3 is 19.0 Å². The van der Waals surface area contributed by atoms with Crippen LogP contribution in [0.15, 0.2) is 21.3 Å². The van der Waals surface area contributed by atoms with Gasteiger partial charge in [0.05, 0.1) is 5.39 Å². The molecule has 1 heterocycles. The van der Waals surface area contributed by atoms with Crippen LogP contribution in [-0.4, -0.2) is 55.5 Å². The highest BCUT2D eigenvalue weighted by molar-refractivity contribution is 5.88. The summed E-state index contributed by atoms with van der Waals surface area (Å²) in [4.78, 5) is 29.2. The third-order valence-electron chi connectivity index (χ3n) is 7.65. The Balaban J connectivity index is 1.44. The number of fused-ring (bicyclic) bond motifs is 2. The number of rotatable bonds is 5. The first-order chi connectivity index (χ1) is 14.7. The van der Waals surface area contributed by atoms with Crippen LogP contribution in [0.1, 0.15) is 42.4 Å². The maximum Gasteiger partial charge on any atom is 0.339 e. The molecule has 4 atom stereocenters. The zero-order valence-electron chi connectivity index (χ0n) is 19.5. The van der Waals surface area contributed by atoms with Crippen molar-refractivity contribution in [2.45, 2.75) is 58.5 Å². The van der Waals surface area contributed by atoms with Gasteiger partial charge in [0, 0.05) is 24.7 Å². The maximum absolute atomic E-state index is 12.9. The predicted molar refractivity (Wildman–Crippen MR) is 122 cm³/mol. The first-order valence-corrected chi connectivity index (χ1v) is 11.2. The van der Waals surface area contributed by atoms with E-state index in [1.165, 1.54) is 12.8 Å². The Labute approximate surface area is 184 Å². The molecule has 2 unspecified atom stereocenters.